The summed E-state index contributed by atoms with van der Waals surface area (Å²) in [6.07, 6.45) is 2.07. The van der Waals surface area contributed by atoms with Gasteiger partial charge in [0, 0.05) is 37.9 Å². The molecule has 0 aromatic heterocycles. The van der Waals surface area contributed by atoms with Crippen molar-refractivity contribution in [1.29, 1.82) is 0 Å². The first-order chi connectivity index (χ1) is 11.7. The van der Waals surface area contributed by atoms with Gasteiger partial charge in [0.2, 0.25) is 0 Å². The average Bonchev–Trinajstić information content (AvgIpc) is 2.61. The minimum absolute atomic E-state index is 0.398. The molecule has 0 bridgehead atoms. The fourth-order valence-electron chi connectivity index (χ4n) is 3.99. The Balaban J connectivity index is 1.49. The van der Waals surface area contributed by atoms with E-state index in [1.807, 2.05) is 12.1 Å². The number of fused-ring (bicyclic) bond motifs is 3. The lowest BCUT2D eigenvalue weighted by atomic mass is 9.92. The van der Waals surface area contributed by atoms with Crippen molar-refractivity contribution in [2.24, 2.45) is 0 Å². The van der Waals surface area contributed by atoms with Crippen molar-refractivity contribution in [2.75, 3.05) is 24.5 Å². The third-order valence-corrected chi connectivity index (χ3v) is 5.20. The van der Waals surface area contributed by atoms with Gasteiger partial charge in [-0.1, -0.05) is 30.3 Å². The van der Waals surface area contributed by atoms with Crippen LogP contribution in [0.1, 0.15) is 27.9 Å². The molecule has 0 amide bonds. The van der Waals surface area contributed by atoms with Gasteiger partial charge in [0.1, 0.15) is 0 Å². The number of hydrogen-bond acceptors (Lipinski definition) is 3. The minimum Gasteiger partial charge on any atom is -0.478 e. The molecule has 0 unspecified atom stereocenters. The maximum absolute atomic E-state index is 11.2. The maximum atomic E-state index is 11.2. The Labute approximate surface area is 142 Å². The van der Waals surface area contributed by atoms with Gasteiger partial charge in [-0.15, -0.1) is 0 Å². The van der Waals surface area contributed by atoms with Gasteiger partial charge in [-0.2, -0.15) is 0 Å². The average molecular weight is 322 g/mol. The monoisotopic (exact) mass is 322 g/mol. The van der Waals surface area contributed by atoms with Crippen molar-refractivity contribution < 1.29 is 9.90 Å². The predicted octanol–water partition coefficient (Wildman–Crippen LogP) is 3.02. The number of carbonyl (C=O) groups is 1. The van der Waals surface area contributed by atoms with E-state index in [1.54, 1.807) is 6.07 Å². The van der Waals surface area contributed by atoms with Crippen LogP contribution in [0.2, 0.25) is 0 Å². The van der Waals surface area contributed by atoms with Crippen molar-refractivity contribution >= 4 is 11.7 Å². The second-order valence-electron chi connectivity index (χ2n) is 6.76. The van der Waals surface area contributed by atoms with E-state index in [9.17, 15) is 9.90 Å². The van der Waals surface area contributed by atoms with Crippen LogP contribution in [0.3, 0.4) is 0 Å². The highest BCUT2D eigenvalue weighted by Crippen LogP contribution is 2.33. The number of piperazine rings is 1. The van der Waals surface area contributed by atoms with Crippen LogP contribution in [0.15, 0.2) is 48.5 Å². The number of nitrogens with zero attached hydrogens (tertiary/aromatic N) is 2. The van der Waals surface area contributed by atoms with Gasteiger partial charge < -0.3 is 10.0 Å². The molecule has 4 heteroatoms. The molecular weight excluding hydrogens is 300 g/mol. The fraction of sp³-hybridized carbons (Fsp3) is 0.350. The van der Waals surface area contributed by atoms with Crippen molar-refractivity contribution in [3.8, 4) is 0 Å². The maximum Gasteiger partial charge on any atom is 0.335 e. The van der Waals surface area contributed by atoms with Crippen LogP contribution < -0.4 is 4.90 Å². The van der Waals surface area contributed by atoms with Gasteiger partial charge in [0.25, 0.3) is 0 Å². The quantitative estimate of drug-likeness (QED) is 0.943. The van der Waals surface area contributed by atoms with Crippen molar-refractivity contribution in [3.05, 3.63) is 65.2 Å². The molecule has 124 valence electrons. The lowest BCUT2D eigenvalue weighted by molar-refractivity contribution is 0.0696. The predicted molar refractivity (Wildman–Crippen MR) is 94.6 cm³/mol. The highest BCUT2D eigenvalue weighted by atomic mass is 16.4. The largest absolute Gasteiger partial charge is 0.478 e. The Kier molecular flexibility index (Phi) is 3.98. The summed E-state index contributed by atoms with van der Waals surface area (Å²) < 4.78 is 0. The molecule has 2 heterocycles. The molecule has 0 aliphatic carbocycles. The third kappa shape index (κ3) is 2.89. The van der Waals surface area contributed by atoms with Crippen molar-refractivity contribution in [3.63, 3.8) is 0 Å². The molecule has 2 aliphatic rings. The summed E-state index contributed by atoms with van der Waals surface area (Å²) in [5.41, 5.74) is 4.18. The zero-order valence-electron chi connectivity index (χ0n) is 13.7. The molecule has 0 radical (unpaired) electrons. The summed E-state index contributed by atoms with van der Waals surface area (Å²) in [4.78, 5) is 16.2. The van der Waals surface area contributed by atoms with Gasteiger partial charge in [0.05, 0.1) is 5.56 Å². The Morgan fingerprint density at radius 1 is 1.12 bits per heavy atom. The van der Waals surface area contributed by atoms with Crippen LogP contribution in [0.25, 0.3) is 0 Å². The summed E-state index contributed by atoms with van der Waals surface area (Å²) in [5, 5.41) is 9.17. The molecule has 4 nitrogen and oxygen atoms in total. The van der Waals surface area contributed by atoms with Crippen molar-refractivity contribution in [2.45, 2.75) is 25.4 Å². The number of hydrogen-bond donors (Lipinski definition) is 1. The number of aromatic carboxylic acids is 1. The molecule has 1 atom stereocenters. The van der Waals surface area contributed by atoms with E-state index in [0.717, 1.165) is 39.0 Å². The molecular formula is C20H22N2O2. The van der Waals surface area contributed by atoms with E-state index in [-0.39, 0.29) is 0 Å². The second-order valence-corrected chi connectivity index (χ2v) is 6.76. The van der Waals surface area contributed by atoms with Gasteiger partial charge in [0.15, 0.2) is 0 Å². The van der Waals surface area contributed by atoms with Crippen LogP contribution in [-0.4, -0.2) is 41.7 Å². The van der Waals surface area contributed by atoms with Crippen LogP contribution in [-0.2, 0) is 13.0 Å². The first-order valence-electron chi connectivity index (χ1n) is 8.60. The molecule has 1 fully saturated rings. The van der Waals surface area contributed by atoms with E-state index in [2.05, 4.69) is 40.1 Å². The van der Waals surface area contributed by atoms with Gasteiger partial charge >= 0.3 is 5.97 Å². The number of carboxylic acid groups (broad SMARTS) is 1. The normalized spacial score (nSPS) is 20.3. The zero-order valence-corrected chi connectivity index (χ0v) is 13.7. The second kappa shape index (κ2) is 6.29. The summed E-state index contributed by atoms with van der Waals surface area (Å²) in [6, 6.07) is 16.8. The fourth-order valence-corrected chi connectivity index (χ4v) is 3.99. The zero-order chi connectivity index (χ0) is 16.5. The SMILES string of the molecule is O=C(O)c1ccc2c(c1)CC[C@H]1CN(Cc3ccccc3)CCN21. The van der Waals surface area contributed by atoms with Crippen molar-refractivity contribution in [1.82, 2.24) is 4.90 Å². The first-order valence-corrected chi connectivity index (χ1v) is 8.60. The number of aryl methyl sites for hydroxylation is 1. The number of carboxylic acids is 1. The molecule has 0 spiro atoms. The van der Waals surface area contributed by atoms with Gasteiger partial charge in [-0.3, -0.25) is 4.90 Å². The van der Waals surface area contributed by atoms with Crippen LogP contribution in [0.5, 0.6) is 0 Å². The van der Waals surface area contributed by atoms with Crippen LogP contribution in [0, 0.1) is 0 Å². The van der Waals surface area contributed by atoms with Crippen LogP contribution in [0.4, 0.5) is 5.69 Å². The highest BCUT2D eigenvalue weighted by molar-refractivity contribution is 5.88. The van der Waals surface area contributed by atoms with Gasteiger partial charge in [-0.25, -0.2) is 4.79 Å². The van der Waals surface area contributed by atoms with E-state index in [1.165, 1.54) is 16.8 Å². The topological polar surface area (TPSA) is 43.8 Å². The lowest BCUT2D eigenvalue weighted by Crippen LogP contribution is -2.54. The summed E-state index contributed by atoms with van der Waals surface area (Å²) >= 11 is 0. The van der Waals surface area contributed by atoms with Crippen LogP contribution >= 0.6 is 0 Å². The summed E-state index contributed by atoms with van der Waals surface area (Å²) in [6.45, 7) is 4.15. The minimum atomic E-state index is -0.840. The molecule has 24 heavy (non-hydrogen) atoms. The van der Waals surface area contributed by atoms with E-state index >= 15 is 0 Å². The van der Waals surface area contributed by atoms with E-state index in [4.69, 9.17) is 0 Å². The third-order valence-electron chi connectivity index (χ3n) is 5.20. The van der Waals surface area contributed by atoms with Gasteiger partial charge in [-0.05, 0) is 42.2 Å². The Bertz CT molecular complexity index is 745. The first kappa shape index (κ1) is 15.2. The summed E-state index contributed by atoms with van der Waals surface area (Å²) in [5.74, 6) is -0.840. The molecule has 4 rings (SSSR count). The standard InChI is InChI=1S/C20H22N2O2/c23-20(24)17-7-9-19-16(12-17)6-8-18-14-21(10-11-22(18)19)13-15-4-2-1-3-5-15/h1-5,7,9,12,18H,6,8,10-11,13-14H2,(H,23,24)/t18-/m0/s1. The number of benzene rings is 2. The smallest absolute Gasteiger partial charge is 0.335 e. The highest BCUT2D eigenvalue weighted by Gasteiger charge is 2.31. The molecule has 2 aromatic rings. The van der Waals surface area contributed by atoms with E-state index in [0.29, 0.717) is 11.6 Å². The molecule has 2 aromatic carbocycles. The lowest BCUT2D eigenvalue weighted by Gasteiger charge is -2.46. The molecule has 1 saturated heterocycles. The summed E-state index contributed by atoms with van der Waals surface area (Å²) in [7, 11) is 0. The number of rotatable bonds is 3. The molecule has 0 saturated carbocycles. The Hall–Kier alpha value is -2.33. The molecule has 1 N–H and O–H groups in total. The van der Waals surface area contributed by atoms with E-state index < -0.39 is 5.97 Å². The molecule has 2 aliphatic heterocycles. The Morgan fingerprint density at radius 2 is 1.96 bits per heavy atom. The Morgan fingerprint density at radius 3 is 2.75 bits per heavy atom. The number of anilines is 1.